The van der Waals surface area contributed by atoms with Gasteiger partial charge in [0.2, 0.25) is 5.91 Å². The molecule has 3 amide bonds. The van der Waals surface area contributed by atoms with Crippen LogP contribution in [0.4, 0.5) is 4.79 Å². The van der Waals surface area contributed by atoms with Crippen molar-refractivity contribution in [1.82, 2.24) is 10.6 Å². The van der Waals surface area contributed by atoms with Crippen LogP contribution in [0.1, 0.15) is 6.42 Å². The number of carbonyl (C=O) groups is 2. The van der Waals surface area contributed by atoms with Gasteiger partial charge in [0, 0.05) is 29.5 Å². The molecule has 0 aromatic heterocycles. The van der Waals surface area contributed by atoms with E-state index in [0.717, 1.165) is 15.7 Å². The van der Waals surface area contributed by atoms with E-state index in [1.807, 2.05) is 30.3 Å². The Morgan fingerprint density at radius 1 is 1.14 bits per heavy atom. The van der Waals surface area contributed by atoms with Crippen LogP contribution in [0.2, 0.25) is 0 Å². The van der Waals surface area contributed by atoms with Crippen molar-refractivity contribution in [2.45, 2.75) is 11.3 Å². The van der Waals surface area contributed by atoms with Gasteiger partial charge in [-0.15, -0.1) is 11.8 Å². The zero-order valence-electron chi connectivity index (χ0n) is 11.6. The number of benzene rings is 2. The molecule has 0 saturated heterocycles. The van der Waals surface area contributed by atoms with Gasteiger partial charge < -0.3 is 10.4 Å². The number of phenolic OH excluding ortho intramolecular Hbond substituents is 1. The van der Waals surface area contributed by atoms with E-state index in [2.05, 4.69) is 10.6 Å². The molecule has 5 nitrogen and oxygen atoms in total. The minimum absolute atomic E-state index is 0.243. The first-order chi connectivity index (χ1) is 10.1. The smallest absolute Gasteiger partial charge is 0.321 e. The van der Waals surface area contributed by atoms with Gasteiger partial charge in [-0.2, -0.15) is 0 Å². The molecule has 0 fully saturated rings. The number of aromatic hydroxyl groups is 1. The Hall–Kier alpha value is -2.21. The highest BCUT2D eigenvalue weighted by Crippen LogP contribution is 2.33. The Kier molecular flexibility index (Phi) is 5.05. The third-order valence-electron chi connectivity index (χ3n) is 2.93. The minimum Gasteiger partial charge on any atom is -0.507 e. The lowest BCUT2D eigenvalue weighted by Gasteiger charge is -2.08. The van der Waals surface area contributed by atoms with Crippen LogP contribution in [0, 0.1) is 0 Å². The van der Waals surface area contributed by atoms with Crippen molar-refractivity contribution in [3.8, 4) is 5.75 Å². The van der Waals surface area contributed by atoms with Crippen LogP contribution < -0.4 is 10.6 Å². The average molecular weight is 304 g/mol. The van der Waals surface area contributed by atoms with E-state index >= 15 is 0 Å². The van der Waals surface area contributed by atoms with Crippen LogP contribution >= 0.6 is 11.8 Å². The number of imide groups is 1. The van der Waals surface area contributed by atoms with Gasteiger partial charge in [-0.05, 0) is 17.5 Å². The number of thioether (sulfide) groups is 1. The van der Waals surface area contributed by atoms with Gasteiger partial charge in [0.1, 0.15) is 5.75 Å². The van der Waals surface area contributed by atoms with Gasteiger partial charge in [-0.1, -0.05) is 24.3 Å². The summed E-state index contributed by atoms with van der Waals surface area (Å²) >= 11 is 1.52. The minimum atomic E-state index is -0.500. The number of carbonyl (C=O) groups excluding carboxylic acids is 2. The summed E-state index contributed by atoms with van der Waals surface area (Å²) in [5, 5.41) is 16.1. The number of phenols is 1. The maximum Gasteiger partial charge on any atom is 0.321 e. The molecule has 0 aliphatic rings. The SMILES string of the molecule is CNC(=O)NC(=O)CCSc1ccc(O)c2ccccc12. The highest BCUT2D eigenvalue weighted by molar-refractivity contribution is 7.99. The second kappa shape index (κ2) is 6.99. The number of hydrogen-bond donors (Lipinski definition) is 3. The van der Waals surface area contributed by atoms with E-state index in [-0.39, 0.29) is 18.1 Å². The number of rotatable bonds is 4. The van der Waals surface area contributed by atoms with Gasteiger partial charge in [0.05, 0.1) is 0 Å². The molecule has 6 heteroatoms. The molecule has 2 rings (SSSR count). The summed E-state index contributed by atoms with van der Waals surface area (Å²) in [4.78, 5) is 23.5. The number of amides is 3. The molecule has 0 heterocycles. The number of hydrogen-bond acceptors (Lipinski definition) is 4. The molecule has 2 aromatic rings. The molecule has 21 heavy (non-hydrogen) atoms. The van der Waals surface area contributed by atoms with Crippen molar-refractivity contribution in [3.63, 3.8) is 0 Å². The zero-order valence-corrected chi connectivity index (χ0v) is 12.4. The van der Waals surface area contributed by atoms with Gasteiger partial charge in [-0.3, -0.25) is 10.1 Å². The normalized spacial score (nSPS) is 10.3. The second-order valence-corrected chi connectivity index (χ2v) is 5.49. The number of urea groups is 1. The van der Waals surface area contributed by atoms with Crippen molar-refractivity contribution in [2.24, 2.45) is 0 Å². The molecule has 0 radical (unpaired) electrons. The molecule has 0 unspecified atom stereocenters. The van der Waals surface area contributed by atoms with E-state index < -0.39 is 6.03 Å². The molecular formula is C15H16N2O3S. The Labute approximate surface area is 126 Å². The zero-order chi connectivity index (χ0) is 15.2. The quantitative estimate of drug-likeness (QED) is 0.758. The molecule has 0 spiro atoms. The predicted octanol–water partition coefficient (Wildman–Crippen LogP) is 2.48. The third kappa shape index (κ3) is 3.88. The van der Waals surface area contributed by atoms with E-state index in [1.165, 1.54) is 18.8 Å². The maximum absolute atomic E-state index is 11.5. The molecule has 0 aliphatic carbocycles. The average Bonchev–Trinajstić information content (AvgIpc) is 2.49. The topological polar surface area (TPSA) is 78.4 Å². The maximum atomic E-state index is 11.5. The summed E-state index contributed by atoms with van der Waals surface area (Å²) in [6.07, 6.45) is 0.243. The van der Waals surface area contributed by atoms with Crippen molar-refractivity contribution < 1.29 is 14.7 Å². The Morgan fingerprint density at radius 3 is 2.57 bits per heavy atom. The van der Waals surface area contributed by atoms with E-state index in [4.69, 9.17) is 0 Å². The predicted molar refractivity (Wildman–Crippen MR) is 83.6 cm³/mol. The molecule has 2 aromatic carbocycles. The van der Waals surface area contributed by atoms with Crippen LogP contribution in [0.15, 0.2) is 41.3 Å². The summed E-state index contributed by atoms with van der Waals surface area (Å²) in [5.74, 6) is 0.481. The van der Waals surface area contributed by atoms with Crippen LogP contribution in [0.5, 0.6) is 5.75 Å². The molecule has 110 valence electrons. The van der Waals surface area contributed by atoms with E-state index in [9.17, 15) is 14.7 Å². The van der Waals surface area contributed by atoms with Crippen LogP contribution in [-0.4, -0.2) is 29.8 Å². The molecule has 3 N–H and O–H groups in total. The highest BCUT2D eigenvalue weighted by atomic mass is 32.2. The Morgan fingerprint density at radius 2 is 1.86 bits per heavy atom. The van der Waals surface area contributed by atoms with Crippen molar-refractivity contribution in [1.29, 1.82) is 0 Å². The van der Waals surface area contributed by atoms with Crippen molar-refractivity contribution in [3.05, 3.63) is 36.4 Å². The van der Waals surface area contributed by atoms with Crippen LogP contribution in [-0.2, 0) is 4.79 Å². The summed E-state index contributed by atoms with van der Waals surface area (Å²) in [7, 11) is 1.46. The molecule has 0 saturated carbocycles. The summed E-state index contributed by atoms with van der Waals surface area (Å²) in [5.41, 5.74) is 0. The standard InChI is InChI=1S/C15H16N2O3S/c1-16-15(20)17-14(19)8-9-21-13-7-6-12(18)10-4-2-3-5-11(10)13/h2-7,18H,8-9H2,1H3,(H2,16,17,19,20). The van der Waals surface area contributed by atoms with Gasteiger partial charge in [-0.25, -0.2) is 4.79 Å². The second-order valence-electron chi connectivity index (χ2n) is 4.35. The largest absolute Gasteiger partial charge is 0.507 e. The summed E-state index contributed by atoms with van der Waals surface area (Å²) in [6.45, 7) is 0. The first kappa shape index (κ1) is 15.2. The van der Waals surface area contributed by atoms with Gasteiger partial charge in [0.25, 0.3) is 0 Å². The monoisotopic (exact) mass is 304 g/mol. The molecule has 0 aliphatic heterocycles. The highest BCUT2D eigenvalue weighted by Gasteiger charge is 2.08. The van der Waals surface area contributed by atoms with E-state index in [1.54, 1.807) is 6.07 Å². The van der Waals surface area contributed by atoms with E-state index in [0.29, 0.717) is 5.75 Å². The number of fused-ring (bicyclic) bond motifs is 1. The number of nitrogens with one attached hydrogen (secondary N) is 2. The molecule has 0 atom stereocenters. The van der Waals surface area contributed by atoms with Crippen LogP contribution in [0.3, 0.4) is 0 Å². The Balaban J connectivity index is 2.00. The first-order valence-corrected chi connectivity index (χ1v) is 7.45. The van der Waals surface area contributed by atoms with Crippen molar-refractivity contribution in [2.75, 3.05) is 12.8 Å². The van der Waals surface area contributed by atoms with Gasteiger partial charge in [0.15, 0.2) is 0 Å². The van der Waals surface area contributed by atoms with Crippen molar-refractivity contribution >= 4 is 34.5 Å². The fraction of sp³-hybridized carbons (Fsp3) is 0.200. The molecule has 0 bridgehead atoms. The summed E-state index contributed by atoms with van der Waals surface area (Å²) < 4.78 is 0. The lowest BCUT2D eigenvalue weighted by Crippen LogP contribution is -2.37. The summed E-state index contributed by atoms with van der Waals surface area (Å²) in [6, 6.07) is 10.5. The molecular weight excluding hydrogens is 288 g/mol. The third-order valence-corrected chi connectivity index (χ3v) is 4.00. The fourth-order valence-corrected chi connectivity index (χ4v) is 2.89. The first-order valence-electron chi connectivity index (χ1n) is 6.47. The fourth-order valence-electron chi connectivity index (χ4n) is 1.89. The Bertz CT molecular complexity index is 673. The van der Waals surface area contributed by atoms with Crippen LogP contribution in [0.25, 0.3) is 10.8 Å². The lowest BCUT2D eigenvalue weighted by molar-refractivity contribution is -0.119. The van der Waals surface area contributed by atoms with Gasteiger partial charge >= 0.3 is 6.03 Å². The lowest BCUT2D eigenvalue weighted by atomic mass is 10.1.